The zero-order chi connectivity index (χ0) is 9.70. The second-order valence-corrected chi connectivity index (χ2v) is 2.09. The predicted octanol–water partition coefficient (Wildman–Crippen LogP) is 3.47. The summed E-state index contributed by atoms with van der Waals surface area (Å²) in [6.45, 7) is 10.8. The molecule has 72 valence electrons. The summed E-state index contributed by atoms with van der Waals surface area (Å²) in [7, 11) is 1.00. The highest BCUT2D eigenvalue weighted by Gasteiger charge is 1.95. The van der Waals surface area contributed by atoms with Crippen molar-refractivity contribution in [1.29, 1.82) is 0 Å². The third-order valence-electron chi connectivity index (χ3n) is 1.73. The molecule has 0 fully saturated rings. The van der Waals surface area contributed by atoms with Gasteiger partial charge in [-0.05, 0) is 5.92 Å². The van der Waals surface area contributed by atoms with E-state index < -0.39 is 0 Å². The van der Waals surface area contributed by atoms with Gasteiger partial charge < -0.3 is 5.11 Å². The van der Waals surface area contributed by atoms with E-state index in [9.17, 15) is 0 Å². The van der Waals surface area contributed by atoms with E-state index in [4.69, 9.17) is 5.11 Å². The molecule has 0 aromatic heterocycles. The van der Waals surface area contributed by atoms with E-state index in [0.29, 0.717) is 0 Å². The minimum atomic E-state index is 0.986. The molecule has 0 amide bonds. The smallest absolute Gasteiger partial charge is 0.0319 e. The molecule has 0 aliphatic carbocycles. The van der Waals surface area contributed by atoms with Crippen molar-refractivity contribution in [1.82, 2.24) is 0 Å². The maximum Gasteiger partial charge on any atom is 0.0319 e. The van der Waals surface area contributed by atoms with E-state index in [1.165, 1.54) is 19.3 Å². The van der Waals surface area contributed by atoms with Crippen LogP contribution in [0.5, 0.6) is 0 Å². The Hall–Kier alpha value is -0.0400. The molecule has 1 N–H and O–H groups in total. The van der Waals surface area contributed by atoms with Crippen LogP contribution in [-0.4, -0.2) is 12.2 Å². The van der Waals surface area contributed by atoms with E-state index in [1.807, 2.05) is 13.8 Å². The Kier molecular flexibility index (Phi) is 35.1. The number of hydrogen-bond donors (Lipinski definition) is 1. The number of hydrogen-bond acceptors (Lipinski definition) is 1. The second-order valence-electron chi connectivity index (χ2n) is 2.09. The topological polar surface area (TPSA) is 20.2 Å². The van der Waals surface area contributed by atoms with Gasteiger partial charge in [-0.15, -0.1) is 0 Å². The van der Waals surface area contributed by atoms with Gasteiger partial charge in [-0.2, -0.15) is 0 Å². The van der Waals surface area contributed by atoms with Crippen LogP contribution in [0.1, 0.15) is 53.9 Å². The lowest BCUT2D eigenvalue weighted by Crippen LogP contribution is -1.91. The summed E-state index contributed by atoms with van der Waals surface area (Å²) in [5, 5.41) is 7.00. The Morgan fingerprint density at radius 2 is 1.00 bits per heavy atom. The van der Waals surface area contributed by atoms with Crippen molar-refractivity contribution in [3.63, 3.8) is 0 Å². The molecule has 0 saturated heterocycles. The summed E-state index contributed by atoms with van der Waals surface area (Å²) in [6.07, 6.45) is 4.06. The van der Waals surface area contributed by atoms with E-state index in [1.54, 1.807) is 0 Å². The summed E-state index contributed by atoms with van der Waals surface area (Å²) >= 11 is 0. The van der Waals surface area contributed by atoms with Gasteiger partial charge in [-0.1, -0.05) is 53.9 Å². The molecular weight excluding hydrogens is 136 g/mol. The minimum absolute atomic E-state index is 0.986. The molecule has 0 aromatic rings. The van der Waals surface area contributed by atoms with Gasteiger partial charge in [-0.3, -0.25) is 0 Å². The number of aliphatic hydroxyl groups excluding tert-OH is 1. The highest BCUT2D eigenvalue weighted by Crippen LogP contribution is 2.09. The van der Waals surface area contributed by atoms with Crippen LogP contribution in [0.4, 0.5) is 0 Å². The van der Waals surface area contributed by atoms with Gasteiger partial charge in [0, 0.05) is 7.11 Å². The molecule has 0 aliphatic heterocycles. The van der Waals surface area contributed by atoms with Crippen LogP contribution in [0.3, 0.4) is 0 Å². The molecule has 0 unspecified atom stereocenters. The van der Waals surface area contributed by atoms with Gasteiger partial charge in [0.15, 0.2) is 0 Å². The first-order chi connectivity index (χ1) is 5.35. The highest BCUT2D eigenvalue weighted by molar-refractivity contribution is 4.48. The van der Waals surface area contributed by atoms with Gasteiger partial charge in [0.1, 0.15) is 0 Å². The number of aliphatic hydroxyl groups is 1. The average Bonchev–Trinajstić information content (AvgIpc) is 2.14. The van der Waals surface area contributed by atoms with Crippen molar-refractivity contribution in [3.8, 4) is 0 Å². The quantitative estimate of drug-likeness (QED) is 0.673. The van der Waals surface area contributed by atoms with Crippen molar-refractivity contribution in [2.45, 2.75) is 53.9 Å². The maximum absolute atomic E-state index is 7.00. The number of rotatable bonds is 3. The molecule has 0 radical (unpaired) electrons. The van der Waals surface area contributed by atoms with Crippen LogP contribution in [0.15, 0.2) is 0 Å². The molecule has 0 atom stereocenters. The van der Waals surface area contributed by atoms with Crippen molar-refractivity contribution >= 4 is 0 Å². The van der Waals surface area contributed by atoms with E-state index in [-0.39, 0.29) is 0 Å². The summed E-state index contributed by atoms with van der Waals surface area (Å²) in [5.41, 5.74) is 0. The molecule has 0 heterocycles. The zero-order valence-electron chi connectivity index (χ0n) is 9.15. The Balaban J connectivity index is -0.000000138. The van der Waals surface area contributed by atoms with Crippen molar-refractivity contribution in [2.24, 2.45) is 5.92 Å². The fourth-order valence-electron chi connectivity index (χ4n) is 0.866. The fraction of sp³-hybridized carbons (Fsp3) is 1.00. The second kappa shape index (κ2) is 22.5. The molecule has 0 bridgehead atoms. The third-order valence-corrected chi connectivity index (χ3v) is 1.73. The van der Waals surface area contributed by atoms with Gasteiger partial charge in [-0.25, -0.2) is 0 Å². The SMILES string of the molecule is CC.CCC(CC)CC.CO. The molecular formula is C10H26O. The van der Waals surface area contributed by atoms with Crippen molar-refractivity contribution < 1.29 is 5.11 Å². The van der Waals surface area contributed by atoms with Gasteiger partial charge in [0.25, 0.3) is 0 Å². The van der Waals surface area contributed by atoms with Gasteiger partial charge >= 0.3 is 0 Å². The van der Waals surface area contributed by atoms with E-state index in [0.717, 1.165) is 13.0 Å². The lowest BCUT2D eigenvalue weighted by molar-refractivity contribution is 0.399. The third kappa shape index (κ3) is 17.8. The van der Waals surface area contributed by atoms with Crippen molar-refractivity contribution in [2.75, 3.05) is 7.11 Å². The van der Waals surface area contributed by atoms with Crippen LogP contribution < -0.4 is 0 Å². The molecule has 0 aliphatic rings. The standard InChI is InChI=1S/C7H16.C2H6.CH4O/c1-4-7(5-2)6-3;2*1-2/h7H,4-6H2,1-3H3;1-2H3;2H,1H3. The molecule has 0 spiro atoms. The maximum atomic E-state index is 7.00. The zero-order valence-corrected chi connectivity index (χ0v) is 9.15. The summed E-state index contributed by atoms with van der Waals surface area (Å²) in [4.78, 5) is 0. The first-order valence-corrected chi connectivity index (χ1v) is 4.79. The summed E-state index contributed by atoms with van der Waals surface area (Å²) in [6, 6.07) is 0. The molecule has 1 heteroatoms. The van der Waals surface area contributed by atoms with Crippen LogP contribution in [0.2, 0.25) is 0 Å². The lowest BCUT2D eigenvalue weighted by Gasteiger charge is -2.05. The summed E-state index contributed by atoms with van der Waals surface area (Å²) < 4.78 is 0. The molecule has 0 aromatic carbocycles. The molecule has 1 nitrogen and oxygen atoms in total. The highest BCUT2D eigenvalue weighted by atomic mass is 16.2. The largest absolute Gasteiger partial charge is 0.400 e. The Morgan fingerprint density at radius 1 is 0.818 bits per heavy atom. The van der Waals surface area contributed by atoms with Crippen LogP contribution >= 0.6 is 0 Å². The van der Waals surface area contributed by atoms with E-state index >= 15 is 0 Å². The van der Waals surface area contributed by atoms with Gasteiger partial charge in [0.2, 0.25) is 0 Å². The van der Waals surface area contributed by atoms with Crippen LogP contribution in [0.25, 0.3) is 0 Å². The molecule has 0 saturated carbocycles. The van der Waals surface area contributed by atoms with Crippen molar-refractivity contribution in [3.05, 3.63) is 0 Å². The van der Waals surface area contributed by atoms with Gasteiger partial charge in [0.05, 0.1) is 0 Å². The average molecular weight is 162 g/mol. The molecule has 0 rings (SSSR count). The first kappa shape index (κ1) is 17.2. The molecule has 11 heavy (non-hydrogen) atoms. The normalized spacial score (nSPS) is 7.64. The fourth-order valence-corrected chi connectivity index (χ4v) is 0.866. The Morgan fingerprint density at radius 3 is 1.00 bits per heavy atom. The predicted molar refractivity (Wildman–Crippen MR) is 53.9 cm³/mol. The Bertz CT molecular complexity index is 26.3. The summed E-state index contributed by atoms with van der Waals surface area (Å²) in [5.74, 6) is 0.986. The monoisotopic (exact) mass is 162 g/mol. The van der Waals surface area contributed by atoms with Crippen LogP contribution in [0, 0.1) is 5.92 Å². The lowest BCUT2D eigenvalue weighted by atomic mass is 10.0. The van der Waals surface area contributed by atoms with Crippen LogP contribution in [-0.2, 0) is 0 Å². The minimum Gasteiger partial charge on any atom is -0.400 e. The van der Waals surface area contributed by atoms with E-state index in [2.05, 4.69) is 20.8 Å². The first-order valence-electron chi connectivity index (χ1n) is 4.79. The Labute approximate surface area is 72.8 Å².